The van der Waals surface area contributed by atoms with Crippen molar-refractivity contribution in [3.8, 4) is 5.75 Å². The molecule has 0 amide bonds. The number of rotatable bonds is 8. The molecule has 0 aliphatic carbocycles. The summed E-state index contributed by atoms with van der Waals surface area (Å²) in [5.41, 5.74) is 3.85. The number of thiazole rings is 1. The fourth-order valence-corrected chi connectivity index (χ4v) is 6.29. The first-order valence-electron chi connectivity index (χ1n) is 13.8. The maximum atomic E-state index is 14.0. The zero-order chi connectivity index (χ0) is 30.6. The van der Waals surface area contributed by atoms with Gasteiger partial charge >= 0.3 is 5.97 Å². The Hall–Kier alpha value is -4.43. The van der Waals surface area contributed by atoms with E-state index in [0.29, 0.717) is 43.0 Å². The minimum absolute atomic E-state index is 0.0944. The molecular formula is C35H26Cl2N2O4S. The molecule has 44 heavy (non-hydrogen) atoms. The average molecular weight is 642 g/mol. The topological polar surface area (TPSA) is 69.9 Å². The van der Waals surface area contributed by atoms with Gasteiger partial charge in [-0.25, -0.2) is 9.79 Å². The van der Waals surface area contributed by atoms with E-state index < -0.39 is 12.0 Å². The first kappa shape index (κ1) is 29.6. The van der Waals surface area contributed by atoms with Gasteiger partial charge in [0, 0.05) is 0 Å². The Labute approximate surface area is 267 Å². The van der Waals surface area contributed by atoms with Crippen molar-refractivity contribution in [2.75, 3.05) is 0 Å². The van der Waals surface area contributed by atoms with Crippen LogP contribution in [0.25, 0.3) is 6.08 Å². The maximum Gasteiger partial charge on any atom is 0.338 e. The Morgan fingerprint density at radius 1 is 0.886 bits per heavy atom. The van der Waals surface area contributed by atoms with Gasteiger partial charge in [-0.15, -0.1) is 0 Å². The minimum atomic E-state index is -0.756. The molecule has 0 N–H and O–H groups in total. The summed E-state index contributed by atoms with van der Waals surface area (Å²) in [5, 5.41) is 0.815. The molecule has 1 aliphatic heterocycles. The average Bonchev–Trinajstić information content (AvgIpc) is 3.35. The lowest BCUT2D eigenvalue weighted by Crippen LogP contribution is -2.39. The molecule has 0 radical (unpaired) electrons. The fraction of sp³-hybridized carbons (Fsp3) is 0.114. The summed E-state index contributed by atoms with van der Waals surface area (Å²) >= 11 is 13.6. The van der Waals surface area contributed by atoms with Crippen LogP contribution < -0.4 is 19.6 Å². The van der Waals surface area contributed by atoms with Crippen molar-refractivity contribution in [2.45, 2.75) is 26.2 Å². The summed E-state index contributed by atoms with van der Waals surface area (Å²) in [6.07, 6.45) is 1.75. The normalized spacial score (nSPS) is 14.6. The number of benzene rings is 4. The second-order valence-electron chi connectivity index (χ2n) is 10.2. The van der Waals surface area contributed by atoms with E-state index in [4.69, 9.17) is 32.7 Å². The lowest BCUT2D eigenvalue weighted by Gasteiger charge is -2.25. The van der Waals surface area contributed by atoms with Crippen molar-refractivity contribution >= 4 is 46.6 Å². The molecule has 0 saturated carbocycles. The van der Waals surface area contributed by atoms with Gasteiger partial charge in [0.2, 0.25) is 0 Å². The maximum absolute atomic E-state index is 14.0. The molecule has 6 rings (SSSR count). The molecule has 1 aliphatic rings. The number of hydrogen-bond donors (Lipinski definition) is 0. The Kier molecular flexibility index (Phi) is 8.79. The van der Waals surface area contributed by atoms with Crippen LogP contribution in [0.2, 0.25) is 10.0 Å². The molecule has 1 atom stereocenters. The molecule has 0 spiro atoms. The number of hydrogen-bond acceptors (Lipinski definition) is 6. The number of halogens is 2. The summed E-state index contributed by atoms with van der Waals surface area (Å²) in [6, 6.07) is 31.2. The molecular weight excluding hydrogens is 615 g/mol. The highest BCUT2D eigenvalue weighted by Gasteiger charge is 2.33. The van der Waals surface area contributed by atoms with Crippen LogP contribution in [0.3, 0.4) is 0 Å². The smallest absolute Gasteiger partial charge is 0.338 e. The SMILES string of the molecule is CC1=C(C(=O)OCc2ccccc2)[C@@H](c2ccc(OCc3ccccc3)cc2)n2c(s/c(=C/c3ccc(Cl)c(Cl)c3)c2=O)=N1. The van der Waals surface area contributed by atoms with E-state index in [0.717, 1.165) is 22.3 Å². The number of carbonyl (C=O) groups is 1. The number of esters is 1. The van der Waals surface area contributed by atoms with Gasteiger partial charge in [-0.05, 0) is 59.5 Å². The predicted octanol–water partition coefficient (Wildman–Crippen LogP) is 6.86. The van der Waals surface area contributed by atoms with E-state index in [2.05, 4.69) is 4.99 Å². The van der Waals surface area contributed by atoms with Gasteiger partial charge in [0.15, 0.2) is 4.80 Å². The Balaban J connectivity index is 1.38. The summed E-state index contributed by atoms with van der Waals surface area (Å²) in [5.74, 6) is 0.127. The van der Waals surface area contributed by atoms with Gasteiger partial charge < -0.3 is 9.47 Å². The van der Waals surface area contributed by atoms with Gasteiger partial charge in [0.1, 0.15) is 19.0 Å². The van der Waals surface area contributed by atoms with Crippen LogP contribution in [0.5, 0.6) is 5.75 Å². The summed E-state index contributed by atoms with van der Waals surface area (Å²) in [7, 11) is 0. The molecule has 1 aromatic heterocycles. The van der Waals surface area contributed by atoms with Gasteiger partial charge in [-0.1, -0.05) is 113 Å². The highest BCUT2D eigenvalue weighted by atomic mass is 35.5. The van der Waals surface area contributed by atoms with Crippen LogP contribution in [0.4, 0.5) is 0 Å². The quantitative estimate of drug-likeness (QED) is 0.174. The van der Waals surface area contributed by atoms with Crippen molar-refractivity contribution in [3.05, 3.63) is 166 Å². The van der Waals surface area contributed by atoms with E-state index in [1.54, 1.807) is 35.8 Å². The monoisotopic (exact) mass is 640 g/mol. The summed E-state index contributed by atoms with van der Waals surface area (Å²) in [4.78, 5) is 32.8. The van der Waals surface area contributed by atoms with Gasteiger partial charge in [0.25, 0.3) is 5.56 Å². The first-order valence-corrected chi connectivity index (χ1v) is 15.4. The largest absolute Gasteiger partial charge is 0.489 e. The number of fused-ring (bicyclic) bond motifs is 1. The molecule has 5 aromatic rings. The van der Waals surface area contributed by atoms with Crippen LogP contribution >= 0.6 is 34.5 Å². The highest BCUT2D eigenvalue weighted by molar-refractivity contribution is 7.07. The van der Waals surface area contributed by atoms with Crippen molar-refractivity contribution < 1.29 is 14.3 Å². The van der Waals surface area contributed by atoms with Gasteiger partial charge in [-0.2, -0.15) is 0 Å². The molecule has 0 fully saturated rings. The summed E-state index contributed by atoms with van der Waals surface area (Å²) < 4.78 is 13.7. The molecule has 220 valence electrons. The zero-order valence-electron chi connectivity index (χ0n) is 23.6. The summed E-state index contributed by atoms with van der Waals surface area (Å²) in [6.45, 7) is 2.28. The van der Waals surface area contributed by atoms with E-state index in [9.17, 15) is 9.59 Å². The van der Waals surface area contributed by atoms with E-state index >= 15 is 0 Å². The minimum Gasteiger partial charge on any atom is -0.489 e. The number of aromatic nitrogens is 1. The van der Waals surface area contributed by atoms with Crippen LogP contribution in [0.1, 0.15) is 35.2 Å². The Morgan fingerprint density at radius 3 is 2.20 bits per heavy atom. The number of carbonyl (C=O) groups excluding carboxylic acids is 1. The van der Waals surface area contributed by atoms with Crippen LogP contribution in [0, 0.1) is 0 Å². The lowest BCUT2D eigenvalue weighted by atomic mass is 9.96. The van der Waals surface area contributed by atoms with Crippen molar-refractivity contribution in [1.29, 1.82) is 0 Å². The van der Waals surface area contributed by atoms with Gasteiger partial charge in [0.05, 0.1) is 31.9 Å². The fourth-order valence-electron chi connectivity index (χ4n) is 4.94. The Morgan fingerprint density at radius 2 is 1.55 bits per heavy atom. The van der Waals surface area contributed by atoms with Crippen LogP contribution in [-0.2, 0) is 22.7 Å². The van der Waals surface area contributed by atoms with Gasteiger partial charge in [-0.3, -0.25) is 9.36 Å². The number of allylic oxidation sites excluding steroid dienone is 1. The van der Waals surface area contributed by atoms with Crippen LogP contribution in [-0.4, -0.2) is 10.5 Å². The highest BCUT2D eigenvalue weighted by Crippen LogP contribution is 2.32. The lowest BCUT2D eigenvalue weighted by molar-refractivity contribution is -0.140. The molecule has 6 nitrogen and oxygen atoms in total. The first-order chi connectivity index (χ1) is 21.4. The molecule has 4 aromatic carbocycles. The number of nitrogens with zero attached hydrogens (tertiary/aromatic N) is 2. The molecule has 0 unspecified atom stereocenters. The third-order valence-corrected chi connectivity index (χ3v) is 8.86. The second-order valence-corrected chi connectivity index (χ2v) is 12.0. The zero-order valence-corrected chi connectivity index (χ0v) is 25.9. The third-order valence-electron chi connectivity index (χ3n) is 7.14. The van der Waals surface area contributed by atoms with E-state index in [1.807, 2.05) is 84.9 Å². The second kappa shape index (κ2) is 13.1. The van der Waals surface area contributed by atoms with Crippen molar-refractivity contribution in [3.63, 3.8) is 0 Å². The molecule has 0 saturated heterocycles. The third kappa shape index (κ3) is 6.40. The van der Waals surface area contributed by atoms with E-state index in [1.165, 1.54) is 11.3 Å². The molecule has 2 heterocycles. The number of ether oxygens (including phenoxy) is 2. The van der Waals surface area contributed by atoms with E-state index in [-0.39, 0.29) is 12.2 Å². The van der Waals surface area contributed by atoms with Crippen molar-refractivity contribution in [1.82, 2.24) is 4.57 Å². The van der Waals surface area contributed by atoms with Crippen molar-refractivity contribution in [2.24, 2.45) is 4.99 Å². The predicted molar refractivity (Wildman–Crippen MR) is 174 cm³/mol. The van der Waals surface area contributed by atoms with Crippen LogP contribution in [0.15, 0.2) is 124 Å². The molecule has 9 heteroatoms. The standard InChI is InChI=1S/C35H26Cl2N2O4S/c1-22-31(34(41)43-21-24-10-6-3-7-11-24)32(26-13-15-27(16-14-26)42-20-23-8-4-2-5-9-23)39-33(40)30(44-35(39)38-22)19-25-12-17-28(36)29(37)18-25/h2-19,32H,20-21H2,1H3/b30-19+/t32-/m1/s1. The Bertz CT molecular complexity index is 2040. The molecule has 0 bridgehead atoms.